The maximum atomic E-state index is 14.0. The second kappa shape index (κ2) is 9.46. The van der Waals surface area contributed by atoms with Crippen LogP contribution in [0.5, 0.6) is 11.5 Å². The number of carboxylic acids is 1. The number of hydrogen-bond donors (Lipinski definition) is 2. The van der Waals surface area contributed by atoms with Crippen molar-refractivity contribution in [1.29, 1.82) is 0 Å². The van der Waals surface area contributed by atoms with Gasteiger partial charge in [0, 0.05) is 22.7 Å². The highest BCUT2D eigenvalue weighted by Crippen LogP contribution is 2.48. The van der Waals surface area contributed by atoms with Gasteiger partial charge in [-0.15, -0.1) is 0 Å². The van der Waals surface area contributed by atoms with Gasteiger partial charge in [0.2, 0.25) is 9.84 Å². The number of sulfone groups is 1. The minimum Gasteiger partial charge on any atom is -0.477 e. The molecule has 0 unspecified atom stereocenters. The predicted molar refractivity (Wildman–Crippen MR) is 118 cm³/mol. The van der Waals surface area contributed by atoms with Crippen LogP contribution in [0.15, 0.2) is 70.6 Å². The SMILES string of the molecule is O=C(O)C(F)(F)c1cc(C(F)(F)F)c(Oc2ccc3[nH]cc(S(=O)(=O)c4ccc(F)cc4)c3c2)c(C(F)(F)F)c1. The first kappa shape index (κ1) is 28.8. The highest BCUT2D eigenvalue weighted by atomic mass is 32.2. The standard InChI is InChI=1S/C24H12F9NO5S/c25-12-1-4-14(5-2-12)40(37,38)19-10-34-18-6-3-13(9-15(18)19)39-20-16(23(28,29)30)7-11(22(26,27)21(35)36)8-17(20)24(31,32)33/h1-10,34H,(H,35,36). The first-order valence-corrected chi connectivity index (χ1v) is 12.1. The average molecular weight is 597 g/mol. The monoisotopic (exact) mass is 597 g/mol. The van der Waals surface area contributed by atoms with E-state index in [4.69, 9.17) is 9.84 Å². The number of hydrogen-bond acceptors (Lipinski definition) is 4. The number of halogens is 9. The summed E-state index contributed by atoms with van der Waals surface area (Å²) in [7, 11) is -4.37. The van der Waals surface area contributed by atoms with Gasteiger partial charge in [-0.2, -0.15) is 35.1 Å². The number of rotatable bonds is 6. The van der Waals surface area contributed by atoms with Crippen LogP contribution in [0.1, 0.15) is 16.7 Å². The summed E-state index contributed by atoms with van der Waals surface area (Å²) < 4.78 is 155. The highest BCUT2D eigenvalue weighted by molar-refractivity contribution is 7.91. The molecule has 16 heteroatoms. The first-order valence-electron chi connectivity index (χ1n) is 10.6. The summed E-state index contributed by atoms with van der Waals surface area (Å²) in [6.07, 6.45) is -10.5. The van der Waals surface area contributed by atoms with Crippen LogP contribution in [0.4, 0.5) is 39.5 Å². The van der Waals surface area contributed by atoms with E-state index in [-0.39, 0.29) is 15.8 Å². The second-order valence-electron chi connectivity index (χ2n) is 8.20. The molecule has 4 aromatic rings. The first-order chi connectivity index (χ1) is 18.3. The molecule has 6 nitrogen and oxygen atoms in total. The average Bonchev–Trinajstić information content (AvgIpc) is 3.27. The van der Waals surface area contributed by atoms with Crippen LogP contribution in [-0.4, -0.2) is 24.5 Å². The Labute approximate surface area is 217 Å². The topological polar surface area (TPSA) is 96.5 Å². The minimum atomic E-state index is -5.73. The van der Waals surface area contributed by atoms with Gasteiger partial charge < -0.3 is 14.8 Å². The van der Waals surface area contributed by atoms with Crippen molar-refractivity contribution >= 4 is 26.7 Å². The van der Waals surface area contributed by atoms with E-state index >= 15 is 0 Å². The van der Waals surface area contributed by atoms with Gasteiger partial charge in [-0.05, 0) is 54.6 Å². The summed E-state index contributed by atoms with van der Waals surface area (Å²) in [6.45, 7) is 0. The summed E-state index contributed by atoms with van der Waals surface area (Å²) in [5.74, 6) is -11.6. The van der Waals surface area contributed by atoms with E-state index in [9.17, 15) is 52.7 Å². The Balaban J connectivity index is 1.91. The molecule has 0 aliphatic rings. The lowest BCUT2D eigenvalue weighted by Crippen LogP contribution is -2.27. The molecule has 0 saturated carbocycles. The second-order valence-corrected chi connectivity index (χ2v) is 10.1. The lowest BCUT2D eigenvalue weighted by Gasteiger charge is -2.22. The molecule has 0 bridgehead atoms. The zero-order chi connectivity index (χ0) is 29.8. The minimum absolute atomic E-state index is 0.0663. The van der Waals surface area contributed by atoms with Crippen molar-refractivity contribution in [3.63, 3.8) is 0 Å². The number of carbonyl (C=O) groups is 1. The van der Waals surface area contributed by atoms with Crippen molar-refractivity contribution in [3.8, 4) is 11.5 Å². The van der Waals surface area contributed by atoms with E-state index < -0.39 is 85.1 Å². The quantitative estimate of drug-likeness (QED) is 0.182. The van der Waals surface area contributed by atoms with Crippen molar-refractivity contribution in [3.05, 3.63) is 83.3 Å². The van der Waals surface area contributed by atoms with Crippen LogP contribution in [0.3, 0.4) is 0 Å². The Morgan fingerprint density at radius 3 is 1.88 bits per heavy atom. The molecule has 212 valence electrons. The van der Waals surface area contributed by atoms with Crippen LogP contribution >= 0.6 is 0 Å². The maximum Gasteiger partial charge on any atom is 0.420 e. The molecule has 0 aliphatic carbocycles. The zero-order valence-corrected chi connectivity index (χ0v) is 20.0. The Kier molecular flexibility index (Phi) is 6.81. The molecule has 0 amide bonds. The number of alkyl halides is 8. The molecular weight excluding hydrogens is 585 g/mol. The number of aromatic nitrogens is 1. The lowest BCUT2D eigenvalue weighted by atomic mass is 9.98. The third-order valence-electron chi connectivity index (χ3n) is 5.58. The summed E-state index contributed by atoms with van der Waals surface area (Å²) >= 11 is 0. The molecule has 4 rings (SSSR count). The van der Waals surface area contributed by atoms with Gasteiger partial charge >= 0.3 is 24.2 Å². The molecule has 0 atom stereocenters. The Morgan fingerprint density at radius 2 is 1.38 bits per heavy atom. The summed E-state index contributed by atoms with van der Waals surface area (Å²) in [5.41, 5.74) is -6.74. The lowest BCUT2D eigenvalue weighted by molar-refractivity contribution is -0.167. The third kappa shape index (κ3) is 5.17. The van der Waals surface area contributed by atoms with Crippen molar-refractivity contribution < 1.29 is 62.6 Å². The normalized spacial score (nSPS) is 13.0. The Bertz CT molecular complexity index is 1690. The number of carboxylic acid groups (broad SMARTS) is 1. The number of benzene rings is 3. The summed E-state index contributed by atoms with van der Waals surface area (Å²) in [4.78, 5) is 12.5. The van der Waals surface area contributed by atoms with Crippen molar-refractivity contribution in [2.45, 2.75) is 28.1 Å². The van der Waals surface area contributed by atoms with E-state index in [1.54, 1.807) is 0 Å². The van der Waals surface area contributed by atoms with Crippen LogP contribution in [0.25, 0.3) is 10.9 Å². The number of aromatic amines is 1. The largest absolute Gasteiger partial charge is 0.477 e. The van der Waals surface area contributed by atoms with Crippen molar-refractivity contribution in [2.24, 2.45) is 0 Å². The molecule has 3 aromatic carbocycles. The molecule has 0 aliphatic heterocycles. The molecule has 0 fully saturated rings. The molecule has 0 spiro atoms. The predicted octanol–water partition coefficient (Wildman–Crippen LogP) is 7.15. The number of nitrogens with one attached hydrogen (secondary N) is 1. The number of aliphatic carboxylic acids is 1. The van der Waals surface area contributed by atoms with Gasteiger partial charge in [0.25, 0.3) is 0 Å². The van der Waals surface area contributed by atoms with E-state index in [0.717, 1.165) is 48.7 Å². The number of H-pyrrole nitrogens is 1. The van der Waals surface area contributed by atoms with Crippen LogP contribution in [0.2, 0.25) is 0 Å². The van der Waals surface area contributed by atoms with Crippen LogP contribution < -0.4 is 4.74 Å². The molecule has 1 heterocycles. The van der Waals surface area contributed by atoms with Gasteiger partial charge in [0.15, 0.2) is 5.75 Å². The molecule has 2 N–H and O–H groups in total. The van der Waals surface area contributed by atoms with Crippen molar-refractivity contribution in [1.82, 2.24) is 4.98 Å². The third-order valence-corrected chi connectivity index (χ3v) is 7.39. The number of fused-ring (bicyclic) bond motifs is 1. The van der Waals surface area contributed by atoms with Gasteiger partial charge in [0.1, 0.15) is 11.6 Å². The summed E-state index contributed by atoms with van der Waals surface area (Å²) in [5, 5.41) is 8.40. The fourth-order valence-corrected chi connectivity index (χ4v) is 5.10. The Hall–Kier alpha value is -4.21. The number of ether oxygens (including phenoxy) is 1. The van der Waals surface area contributed by atoms with Crippen molar-refractivity contribution in [2.75, 3.05) is 0 Å². The molecular formula is C24H12F9NO5S. The van der Waals surface area contributed by atoms with Crippen LogP contribution in [0, 0.1) is 5.82 Å². The van der Waals surface area contributed by atoms with E-state index in [1.165, 1.54) is 0 Å². The molecule has 1 aromatic heterocycles. The molecule has 0 saturated heterocycles. The fraction of sp³-hybridized carbons (Fsp3) is 0.125. The maximum absolute atomic E-state index is 14.0. The van der Waals surface area contributed by atoms with Gasteiger partial charge in [-0.1, -0.05) is 0 Å². The summed E-state index contributed by atoms with van der Waals surface area (Å²) in [6, 6.07) is 5.37. The molecule has 40 heavy (non-hydrogen) atoms. The molecule has 0 radical (unpaired) electrons. The van der Waals surface area contributed by atoms with E-state index in [1.807, 2.05) is 0 Å². The highest BCUT2D eigenvalue weighted by Gasteiger charge is 2.48. The smallest absolute Gasteiger partial charge is 0.420 e. The van der Waals surface area contributed by atoms with Gasteiger partial charge in [-0.25, -0.2) is 17.6 Å². The van der Waals surface area contributed by atoms with Gasteiger partial charge in [-0.3, -0.25) is 0 Å². The Morgan fingerprint density at radius 1 is 0.825 bits per heavy atom. The van der Waals surface area contributed by atoms with Gasteiger partial charge in [0.05, 0.1) is 20.9 Å². The van der Waals surface area contributed by atoms with Crippen LogP contribution in [-0.2, 0) is 32.9 Å². The van der Waals surface area contributed by atoms with E-state index in [2.05, 4.69) is 4.98 Å². The van der Waals surface area contributed by atoms with E-state index in [0.29, 0.717) is 0 Å². The fourth-order valence-electron chi connectivity index (χ4n) is 3.68. The zero-order valence-electron chi connectivity index (χ0n) is 19.2.